The Morgan fingerprint density at radius 2 is 1.56 bits per heavy atom. The molecule has 0 radical (unpaired) electrons. The Labute approximate surface area is 117 Å². The summed E-state index contributed by atoms with van der Waals surface area (Å²) in [5.74, 6) is 0. The van der Waals surface area contributed by atoms with Gasteiger partial charge in [0.1, 0.15) is 0 Å². The average molecular weight is 370 g/mol. The summed E-state index contributed by atoms with van der Waals surface area (Å²) in [7, 11) is -2.67. The SMILES string of the molecule is CC(C)(C)[Si](C)(C)OC/C(I)=C\[Si](C)(C)C. The topological polar surface area (TPSA) is 9.23 Å². The van der Waals surface area contributed by atoms with Gasteiger partial charge in [0.25, 0.3) is 0 Å². The number of hydrogen-bond acceptors (Lipinski definition) is 1. The zero-order valence-electron chi connectivity index (χ0n) is 12.1. The second-order valence-corrected chi connectivity index (χ2v) is 18.2. The Kier molecular flexibility index (Phi) is 5.98. The fourth-order valence-electron chi connectivity index (χ4n) is 0.977. The van der Waals surface area contributed by atoms with Crippen molar-refractivity contribution in [3.05, 3.63) is 9.28 Å². The molecule has 0 spiro atoms. The van der Waals surface area contributed by atoms with E-state index in [0.717, 1.165) is 6.61 Å². The van der Waals surface area contributed by atoms with Crippen molar-refractivity contribution >= 4 is 39.0 Å². The van der Waals surface area contributed by atoms with Gasteiger partial charge in [0.05, 0.1) is 14.7 Å². The molecule has 16 heavy (non-hydrogen) atoms. The van der Waals surface area contributed by atoms with Gasteiger partial charge >= 0.3 is 0 Å². The minimum atomic E-state index is -1.57. The maximum absolute atomic E-state index is 6.19. The molecule has 0 amide bonds. The van der Waals surface area contributed by atoms with E-state index >= 15 is 0 Å². The fraction of sp³-hybridized carbons (Fsp3) is 0.833. The van der Waals surface area contributed by atoms with Crippen molar-refractivity contribution in [2.45, 2.75) is 58.5 Å². The van der Waals surface area contributed by atoms with E-state index in [2.05, 4.69) is 81.8 Å². The molecular formula is C12H27IOSi2. The maximum atomic E-state index is 6.19. The van der Waals surface area contributed by atoms with E-state index in [1.54, 1.807) is 0 Å². The molecule has 0 fully saturated rings. The van der Waals surface area contributed by atoms with Crippen LogP contribution in [0.5, 0.6) is 0 Å². The van der Waals surface area contributed by atoms with Crippen LogP contribution in [0.25, 0.3) is 0 Å². The normalized spacial score (nSPS) is 15.4. The van der Waals surface area contributed by atoms with Crippen LogP contribution >= 0.6 is 22.6 Å². The molecular weight excluding hydrogens is 343 g/mol. The molecule has 0 heterocycles. The van der Waals surface area contributed by atoms with E-state index < -0.39 is 16.4 Å². The summed E-state index contributed by atoms with van der Waals surface area (Å²) in [6, 6.07) is 0. The van der Waals surface area contributed by atoms with Gasteiger partial charge in [-0.05, 0) is 40.7 Å². The molecule has 0 aliphatic heterocycles. The summed E-state index contributed by atoms with van der Waals surface area (Å²) < 4.78 is 7.56. The van der Waals surface area contributed by atoms with Gasteiger partial charge in [0.2, 0.25) is 0 Å². The number of halogens is 1. The Morgan fingerprint density at radius 1 is 1.12 bits per heavy atom. The third-order valence-electron chi connectivity index (χ3n) is 2.97. The van der Waals surface area contributed by atoms with Crippen molar-refractivity contribution < 1.29 is 4.43 Å². The van der Waals surface area contributed by atoms with Crippen LogP contribution in [0.1, 0.15) is 20.8 Å². The van der Waals surface area contributed by atoms with Gasteiger partial charge in [-0.3, -0.25) is 0 Å². The molecule has 1 nitrogen and oxygen atoms in total. The third kappa shape index (κ3) is 6.56. The van der Waals surface area contributed by atoms with Gasteiger partial charge in [0, 0.05) is 3.58 Å². The van der Waals surface area contributed by atoms with Crippen molar-refractivity contribution in [2.75, 3.05) is 6.61 Å². The highest BCUT2D eigenvalue weighted by molar-refractivity contribution is 14.1. The standard InChI is InChI=1S/C12H27IOSi2/c1-12(2,3)16(7,8)14-9-11(13)10-15(4,5)6/h10H,9H2,1-8H3/b11-10+. The first kappa shape index (κ1) is 16.9. The van der Waals surface area contributed by atoms with Crippen LogP contribution < -0.4 is 0 Å². The summed E-state index contributed by atoms with van der Waals surface area (Å²) in [6.45, 7) is 19.4. The lowest BCUT2D eigenvalue weighted by Crippen LogP contribution is -2.41. The van der Waals surface area contributed by atoms with Crippen molar-refractivity contribution in [2.24, 2.45) is 0 Å². The van der Waals surface area contributed by atoms with Crippen LogP contribution in [0.3, 0.4) is 0 Å². The zero-order chi connectivity index (χ0) is 13.2. The molecule has 4 heteroatoms. The number of hydrogen-bond donors (Lipinski definition) is 0. The lowest BCUT2D eigenvalue weighted by Gasteiger charge is -2.36. The Morgan fingerprint density at radius 3 is 1.88 bits per heavy atom. The summed E-state index contributed by atoms with van der Waals surface area (Å²) in [5, 5.41) is 0.309. The van der Waals surface area contributed by atoms with Crippen LogP contribution in [0.2, 0.25) is 37.8 Å². The van der Waals surface area contributed by atoms with E-state index in [1.807, 2.05) is 0 Å². The minimum Gasteiger partial charge on any atom is -0.412 e. The van der Waals surface area contributed by atoms with Crippen LogP contribution in [-0.4, -0.2) is 23.0 Å². The van der Waals surface area contributed by atoms with Gasteiger partial charge in [-0.25, -0.2) is 0 Å². The van der Waals surface area contributed by atoms with E-state index in [4.69, 9.17) is 4.43 Å². The van der Waals surface area contributed by atoms with Crippen molar-refractivity contribution in [1.29, 1.82) is 0 Å². The number of rotatable bonds is 4. The maximum Gasteiger partial charge on any atom is 0.192 e. The Hall–Kier alpha value is 0.864. The van der Waals surface area contributed by atoms with E-state index in [-0.39, 0.29) is 0 Å². The molecule has 0 aromatic rings. The van der Waals surface area contributed by atoms with Gasteiger partial charge in [0.15, 0.2) is 8.32 Å². The Balaban J connectivity index is 4.43. The monoisotopic (exact) mass is 370 g/mol. The van der Waals surface area contributed by atoms with Crippen LogP contribution in [0.4, 0.5) is 0 Å². The molecule has 0 atom stereocenters. The molecule has 0 aromatic heterocycles. The van der Waals surface area contributed by atoms with Crippen molar-refractivity contribution in [3.8, 4) is 0 Å². The summed E-state index contributed by atoms with van der Waals surface area (Å²) in [4.78, 5) is 0. The second kappa shape index (κ2) is 5.67. The smallest absolute Gasteiger partial charge is 0.192 e. The molecule has 0 bridgehead atoms. The molecule has 0 aliphatic carbocycles. The van der Waals surface area contributed by atoms with Gasteiger partial charge in [-0.2, -0.15) is 0 Å². The predicted molar refractivity (Wildman–Crippen MR) is 88.6 cm³/mol. The van der Waals surface area contributed by atoms with E-state index in [1.165, 1.54) is 3.58 Å². The van der Waals surface area contributed by atoms with Gasteiger partial charge in [-0.1, -0.05) is 46.1 Å². The van der Waals surface area contributed by atoms with E-state index in [9.17, 15) is 0 Å². The van der Waals surface area contributed by atoms with Crippen molar-refractivity contribution in [3.63, 3.8) is 0 Å². The molecule has 0 unspecified atom stereocenters. The van der Waals surface area contributed by atoms with E-state index in [0.29, 0.717) is 5.04 Å². The molecule has 0 saturated carbocycles. The molecule has 96 valence electrons. The lowest BCUT2D eigenvalue weighted by molar-refractivity contribution is 0.327. The Bertz CT molecular complexity index is 259. The summed E-state index contributed by atoms with van der Waals surface area (Å²) >= 11 is 2.43. The lowest BCUT2D eigenvalue weighted by atomic mass is 10.2. The largest absolute Gasteiger partial charge is 0.412 e. The highest BCUT2D eigenvalue weighted by Gasteiger charge is 2.37. The molecule has 0 aromatic carbocycles. The fourth-order valence-corrected chi connectivity index (χ4v) is 6.20. The summed E-state index contributed by atoms with van der Waals surface area (Å²) in [5.41, 5.74) is 2.43. The van der Waals surface area contributed by atoms with Crippen molar-refractivity contribution in [1.82, 2.24) is 0 Å². The highest BCUT2D eigenvalue weighted by atomic mass is 127. The van der Waals surface area contributed by atoms with Gasteiger partial charge in [-0.15, -0.1) is 0 Å². The minimum absolute atomic E-state index is 0.309. The second-order valence-electron chi connectivity index (χ2n) is 7.01. The molecule has 0 aliphatic rings. The van der Waals surface area contributed by atoms with Crippen LogP contribution in [0.15, 0.2) is 9.28 Å². The third-order valence-corrected chi connectivity index (χ3v) is 9.87. The molecule has 0 rings (SSSR count). The zero-order valence-corrected chi connectivity index (χ0v) is 16.2. The predicted octanol–water partition coefficient (Wildman–Crippen LogP) is 5.20. The van der Waals surface area contributed by atoms with Crippen LogP contribution in [-0.2, 0) is 4.43 Å². The summed E-state index contributed by atoms with van der Waals surface area (Å²) in [6.07, 6.45) is 0. The molecule has 0 saturated heterocycles. The highest BCUT2D eigenvalue weighted by Crippen LogP contribution is 2.37. The van der Waals surface area contributed by atoms with Gasteiger partial charge < -0.3 is 4.43 Å². The average Bonchev–Trinajstić information content (AvgIpc) is 1.95. The molecule has 0 N–H and O–H groups in total. The van der Waals surface area contributed by atoms with Crippen LogP contribution in [0, 0.1) is 0 Å². The first-order valence-electron chi connectivity index (χ1n) is 5.86. The quantitative estimate of drug-likeness (QED) is 0.488. The first-order valence-corrected chi connectivity index (χ1v) is 13.4. The first-order chi connectivity index (χ1) is 6.85.